The Morgan fingerprint density at radius 1 is 1.21 bits per heavy atom. The van der Waals surface area contributed by atoms with Crippen molar-refractivity contribution in [3.8, 4) is 11.5 Å². The van der Waals surface area contributed by atoms with Gasteiger partial charge >= 0.3 is 5.97 Å². The maximum atomic E-state index is 12.6. The summed E-state index contributed by atoms with van der Waals surface area (Å²) < 4.78 is 10.3. The number of hydrogen-bond acceptors (Lipinski definition) is 6. The lowest BCUT2D eigenvalue weighted by Crippen LogP contribution is -2.30. The Morgan fingerprint density at radius 2 is 2.00 bits per heavy atom. The van der Waals surface area contributed by atoms with E-state index >= 15 is 0 Å². The van der Waals surface area contributed by atoms with Crippen LogP contribution in [0.3, 0.4) is 0 Å². The van der Waals surface area contributed by atoms with Crippen LogP contribution in [-0.4, -0.2) is 37.5 Å². The summed E-state index contributed by atoms with van der Waals surface area (Å²) in [7, 11) is 1.48. The number of rotatable bonds is 6. The number of nitrogens with zero attached hydrogens (tertiary/aromatic N) is 3. The molecule has 1 aliphatic heterocycles. The molecular formula is C21H19N3O4. The Bertz CT molecular complexity index is 995. The molecule has 2 aromatic rings. The van der Waals surface area contributed by atoms with Crippen LogP contribution in [-0.2, 0) is 9.59 Å². The van der Waals surface area contributed by atoms with Crippen LogP contribution in [0.15, 0.2) is 65.3 Å². The van der Waals surface area contributed by atoms with E-state index in [0.29, 0.717) is 23.6 Å². The summed E-state index contributed by atoms with van der Waals surface area (Å²) >= 11 is 0. The van der Waals surface area contributed by atoms with Crippen molar-refractivity contribution in [3.63, 3.8) is 0 Å². The molecule has 0 spiro atoms. The molecule has 1 heterocycles. The van der Waals surface area contributed by atoms with Crippen LogP contribution in [0.25, 0.3) is 0 Å². The first kappa shape index (κ1) is 19.0. The third kappa shape index (κ3) is 3.83. The molecule has 0 saturated carbocycles. The topological polar surface area (TPSA) is 80.6 Å². The van der Waals surface area contributed by atoms with Gasteiger partial charge in [-0.2, -0.15) is 5.10 Å². The maximum Gasteiger partial charge on any atom is 0.308 e. The number of ether oxygens (including phenoxy) is 2. The molecule has 0 radical (unpaired) electrons. The van der Waals surface area contributed by atoms with Gasteiger partial charge in [0.2, 0.25) is 0 Å². The van der Waals surface area contributed by atoms with Gasteiger partial charge in [0.05, 0.1) is 19.0 Å². The largest absolute Gasteiger partial charge is 0.493 e. The highest BCUT2D eigenvalue weighted by atomic mass is 16.6. The van der Waals surface area contributed by atoms with E-state index in [1.165, 1.54) is 20.2 Å². The summed E-state index contributed by atoms with van der Waals surface area (Å²) in [5.41, 5.74) is 2.47. The number of carbonyl (C=O) groups is 2. The monoisotopic (exact) mass is 377 g/mol. The van der Waals surface area contributed by atoms with E-state index in [2.05, 4.69) is 16.8 Å². The molecule has 1 amide bonds. The fourth-order valence-electron chi connectivity index (χ4n) is 2.83. The SMILES string of the molecule is C=CCN1C(=O)/C(=N\N=C/c2ccc(OC(C)=O)c(OC)c2)c2ccccc21. The number of para-hydroxylation sites is 1. The molecule has 0 unspecified atom stereocenters. The molecule has 0 atom stereocenters. The molecule has 7 nitrogen and oxygen atoms in total. The standard InChI is InChI=1S/C21H19N3O4/c1-4-11-24-17-8-6-5-7-16(17)20(21(24)26)23-22-13-15-9-10-18(28-14(2)25)19(12-15)27-3/h4-10,12-13H,1,11H2,2-3H3/b22-13-,23-20-. The first-order valence-electron chi connectivity index (χ1n) is 8.54. The van der Waals surface area contributed by atoms with E-state index in [9.17, 15) is 9.59 Å². The Labute approximate surface area is 162 Å². The number of amides is 1. The average Bonchev–Trinajstić information content (AvgIpc) is 2.95. The number of fused-ring (bicyclic) bond motifs is 1. The zero-order valence-electron chi connectivity index (χ0n) is 15.6. The smallest absolute Gasteiger partial charge is 0.308 e. The number of benzene rings is 2. The molecule has 0 aliphatic carbocycles. The number of methoxy groups -OCH3 is 1. The Kier molecular flexibility index (Phi) is 5.64. The second-order valence-corrected chi connectivity index (χ2v) is 5.92. The molecule has 0 saturated heterocycles. The minimum absolute atomic E-state index is 0.221. The maximum absolute atomic E-state index is 12.6. The van der Waals surface area contributed by atoms with Crippen molar-refractivity contribution in [1.82, 2.24) is 0 Å². The number of anilines is 1. The van der Waals surface area contributed by atoms with E-state index in [0.717, 1.165) is 11.3 Å². The van der Waals surface area contributed by atoms with Crippen molar-refractivity contribution in [3.05, 3.63) is 66.2 Å². The predicted molar refractivity (Wildman–Crippen MR) is 107 cm³/mol. The van der Waals surface area contributed by atoms with Gasteiger partial charge in [-0.05, 0) is 29.8 Å². The van der Waals surface area contributed by atoms with Gasteiger partial charge in [-0.3, -0.25) is 9.59 Å². The van der Waals surface area contributed by atoms with Crippen molar-refractivity contribution in [2.75, 3.05) is 18.6 Å². The first-order chi connectivity index (χ1) is 13.5. The summed E-state index contributed by atoms with van der Waals surface area (Å²) in [6.45, 7) is 5.41. The number of carbonyl (C=O) groups excluding carboxylic acids is 2. The van der Waals surface area contributed by atoms with Gasteiger partial charge in [-0.15, -0.1) is 11.7 Å². The lowest BCUT2D eigenvalue weighted by atomic mass is 10.1. The molecule has 7 heteroatoms. The fraction of sp³-hybridized carbons (Fsp3) is 0.143. The van der Waals surface area contributed by atoms with Gasteiger partial charge in [-0.25, -0.2) is 0 Å². The number of hydrogen-bond donors (Lipinski definition) is 0. The Balaban J connectivity index is 1.87. The molecular weight excluding hydrogens is 358 g/mol. The highest BCUT2D eigenvalue weighted by Crippen LogP contribution is 2.29. The van der Waals surface area contributed by atoms with Crippen molar-refractivity contribution < 1.29 is 19.1 Å². The number of esters is 1. The summed E-state index contributed by atoms with van der Waals surface area (Å²) in [5.74, 6) is 0.0549. The van der Waals surface area contributed by atoms with Crippen molar-refractivity contribution >= 4 is 29.5 Å². The van der Waals surface area contributed by atoms with Crippen LogP contribution in [0.2, 0.25) is 0 Å². The minimum Gasteiger partial charge on any atom is -0.493 e. The third-order valence-electron chi connectivity index (χ3n) is 4.02. The summed E-state index contributed by atoms with van der Waals surface area (Å²) in [5, 5.41) is 8.19. The average molecular weight is 377 g/mol. The molecule has 28 heavy (non-hydrogen) atoms. The molecule has 0 N–H and O–H groups in total. The van der Waals surface area contributed by atoms with Crippen molar-refractivity contribution in [1.29, 1.82) is 0 Å². The van der Waals surface area contributed by atoms with Crippen LogP contribution in [0.5, 0.6) is 11.5 Å². The van der Waals surface area contributed by atoms with Crippen LogP contribution >= 0.6 is 0 Å². The van der Waals surface area contributed by atoms with Gasteiger partial charge in [0.1, 0.15) is 0 Å². The second-order valence-electron chi connectivity index (χ2n) is 5.92. The molecule has 142 valence electrons. The second kappa shape index (κ2) is 8.30. The summed E-state index contributed by atoms with van der Waals surface area (Å²) in [6, 6.07) is 12.4. The third-order valence-corrected chi connectivity index (χ3v) is 4.02. The molecule has 2 aromatic carbocycles. The fourth-order valence-corrected chi connectivity index (χ4v) is 2.83. The van der Waals surface area contributed by atoms with E-state index in [4.69, 9.17) is 9.47 Å². The zero-order chi connectivity index (χ0) is 20.1. The minimum atomic E-state index is -0.436. The van der Waals surface area contributed by atoms with Gasteiger partial charge in [0.25, 0.3) is 5.91 Å². The Hall–Kier alpha value is -3.74. The van der Waals surface area contributed by atoms with Crippen molar-refractivity contribution in [2.24, 2.45) is 10.2 Å². The quantitative estimate of drug-likeness (QED) is 0.255. The summed E-state index contributed by atoms with van der Waals surface area (Å²) in [4.78, 5) is 25.4. The zero-order valence-corrected chi connectivity index (χ0v) is 15.6. The first-order valence-corrected chi connectivity index (χ1v) is 8.54. The lowest BCUT2D eigenvalue weighted by molar-refractivity contribution is -0.132. The van der Waals surface area contributed by atoms with E-state index in [-0.39, 0.29) is 11.6 Å². The Morgan fingerprint density at radius 3 is 2.71 bits per heavy atom. The normalized spacial score (nSPS) is 14.4. The van der Waals surface area contributed by atoms with E-state index in [1.54, 1.807) is 29.2 Å². The highest BCUT2D eigenvalue weighted by molar-refractivity contribution is 6.54. The molecule has 0 bridgehead atoms. The lowest BCUT2D eigenvalue weighted by Gasteiger charge is -2.13. The molecule has 1 aliphatic rings. The van der Waals surface area contributed by atoms with Gasteiger partial charge in [0.15, 0.2) is 17.2 Å². The van der Waals surface area contributed by atoms with E-state index < -0.39 is 5.97 Å². The predicted octanol–water partition coefficient (Wildman–Crippen LogP) is 2.98. The van der Waals surface area contributed by atoms with Gasteiger partial charge in [0, 0.05) is 19.0 Å². The molecule has 0 fully saturated rings. The van der Waals surface area contributed by atoms with Crippen LogP contribution < -0.4 is 14.4 Å². The van der Waals surface area contributed by atoms with E-state index in [1.807, 2.05) is 24.3 Å². The summed E-state index contributed by atoms with van der Waals surface area (Å²) in [6.07, 6.45) is 3.16. The molecule has 3 rings (SSSR count). The van der Waals surface area contributed by atoms with Crippen LogP contribution in [0, 0.1) is 0 Å². The van der Waals surface area contributed by atoms with Crippen molar-refractivity contribution in [2.45, 2.75) is 6.92 Å². The van der Waals surface area contributed by atoms with Gasteiger partial charge in [-0.1, -0.05) is 24.3 Å². The van der Waals surface area contributed by atoms with Crippen LogP contribution in [0.4, 0.5) is 5.69 Å². The van der Waals surface area contributed by atoms with Gasteiger partial charge < -0.3 is 14.4 Å². The van der Waals surface area contributed by atoms with Crippen LogP contribution in [0.1, 0.15) is 18.1 Å². The molecule has 0 aromatic heterocycles. The highest BCUT2D eigenvalue weighted by Gasteiger charge is 2.32.